The summed E-state index contributed by atoms with van der Waals surface area (Å²) in [6.45, 7) is 4.36. The lowest BCUT2D eigenvalue weighted by Crippen LogP contribution is -2.15. The number of hydrogen-bond donors (Lipinski definition) is 0. The molecule has 0 spiro atoms. The van der Waals surface area contributed by atoms with Crippen molar-refractivity contribution in [3.8, 4) is 12.3 Å². The zero-order valence-corrected chi connectivity index (χ0v) is 14.2. The van der Waals surface area contributed by atoms with Gasteiger partial charge in [-0.05, 0) is 12.8 Å². The third-order valence-electron chi connectivity index (χ3n) is 3.72. The van der Waals surface area contributed by atoms with E-state index in [1.54, 1.807) is 0 Å². The van der Waals surface area contributed by atoms with Gasteiger partial charge in [-0.15, -0.1) is 17.8 Å². The maximum absolute atomic E-state index is 12.6. The number of ketones is 1. The van der Waals surface area contributed by atoms with Crippen LogP contribution in [0, 0.1) is 18.3 Å². The highest BCUT2D eigenvalue weighted by Crippen LogP contribution is 2.22. The first kappa shape index (κ1) is 17.9. The molecule has 0 radical (unpaired) electrons. The van der Waals surface area contributed by atoms with Gasteiger partial charge in [0.15, 0.2) is 5.78 Å². The zero-order valence-electron chi connectivity index (χ0n) is 13.4. The molecule has 0 saturated heterocycles. The Morgan fingerprint density at radius 2 is 2.00 bits per heavy atom. The van der Waals surface area contributed by atoms with Crippen LogP contribution in [-0.4, -0.2) is 10.8 Å². The molecule has 1 rings (SSSR count). The quantitative estimate of drug-likeness (QED) is 0.316. The summed E-state index contributed by atoms with van der Waals surface area (Å²) < 4.78 is 0. The van der Waals surface area contributed by atoms with E-state index in [2.05, 4.69) is 24.8 Å². The number of terminal acetylenes is 1. The summed E-state index contributed by atoms with van der Waals surface area (Å²) >= 11 is 1.50. The molecule has 2 nitrogen and oxygen atoms in total. The van der Waals surface area contributed by atoms with Crippen molar-refractivity contribution < 1.29 is 4.79 Å². The van der Waals surface area contributed by atoms with Gasteiger partial charge in [0.1, 0.15) is 10.7 Å². The predicted molar refractivity (Wildman–Crippen MR) is 90.8 cm³/mol. The number of thiazole rings is 1. The summed E-state index contributed by atoms with van der Waals surface area (Å²) in [5.74, 6) is 2.93. The molecular weight excluding hydrogens is 278 g/mol. The second-order valence-electron chi connectivity index (χ2n) is 5.56. The van der Waals surface area contributed by atoms with Gasteiger partial charge in [-0.1, -0.05) is 58.3 Å². The number of unbranched alkanes of at least 4 members (excludes halogenated alkanes) is 4. The number of nitrogens with zero attached hydrogens (tertiary/aromatic N) is 1. The first-order valence-corrected chi connectivity index (χ1v) is 9.02. The normalized spacial score (nSPS) is 12.0. The van der Waals surface area contributed by atoms with Gasteiger partial charge < -0.3 is 0 Å². The minimum Gasteiger partial charge on any atom is -0.292 e. The summed E-state index contributed by atoms with van der Waals surface area (Å²) in [6, 6.07) is 0. The molecular formula is C18H27NOS. The van der Waals surface area contributed by atoms with Crippen molar-refractivity contribution in [1.82, 2.24) is 4.98 Å². The Morgan fingerprint density at radius 3 is 2.67 bits per heavy atom. The minimum absolute atomic E-state index is 0.136. The molecule has 3 heteroatoms. The Kier molecular flexibility index (Phi) is 9.01. The Hall–Kier alpha value is -1.14. The molecule has 0 amide bonds. The third-order valence-corrected chi connectivity index (χ3v) is 4.57. The molecule has 1 aromatic rings. The van der Waals surface area contributed by atoms with Crippen molar-refractivity contribution in [2.45, 2.75) is 71.6 Å². The first-order valence-electron chi connectivity index (χ1n) is 8.15. The van der Waals surface area contributed by atoms with E-state index < -0.39 is 0 Å². The van der Waals surface area contributed by atoms with Gasteiger partial charge in [-0.3, -0.25) is 4.79 Å². The lowest BCUT2D eigenvalue weighted by atomic mass is 9.91. The SMILES string of the molecule is C#CCc1nc(C(=O)C(CCC)CCCCCCC)cs1. The molecule has 0 aliphatic rings. The first-order chi connectivity index (χ1) is 10.2. The third kappa shape index (κ3) is 6.44. The van der Waals surface area contributed by atoms with Crippen molar-refractivity contribution in [1.29, 1.82) is 0 Å². The van der Waals surface area contributed by atoms with Crippen molar-refractivity contribution >= 4 is 17.1 Å². The Morgan fingerprint density at radius 1 is 1.24 bits per heavy atom. The van der Waals surface area contributed by atoms with E-state index in [9.17, 15) is 4.79 Å². The maximum Gasteiger partial charge on any atom is 0.185 e. The fourth-order valence-corrected chi connectivity index (χ4v) is 3.29. The van der Waals surface area contributed by atoms with Crippen molar-refractivity contribution in [2.75, 3.05) is 0 Å². The fourth-order valence-electron chi connectivity index (χ4n) is 2.55. The number of hydrogen-bond acceptors (Lipinski definition) is 3. The molecule has 0 fully saturated rings. The second kappa shape index (κ2) is 10.6. The highest BCUT2D eigenvalue weighted by Gasteiger charge is 2.21. The van der Waals surface area contributed by atoms with Crippen LogP contribution in [-0.2, 0) is 6.42 Å². The van der Waals surface area contributed by atoms with Crippen LogP contribution in [0.4, 0.5) is 0 Å². The molecule has 1 aromatic heterocycles. The summed E-state index contributed by atoms with van der Waals surface area (Å²) in [5, 5.41) is 2.74. The van der Waals surface area contributed by atoms with Crippen LogP contribution in [0.25, 0.3) is 0 Å². The molecule has 1 unspecified atom stereocenters. The molecule has 1 atom stereocenters. The number of Topliss-reactive ketones (excluding diaryl/α,β-unsaturated/α-hetero) is 1. The molecule has 0 N–H and O–H groups in total. The van der Waals surface area contributed by atoms with Gasteiger partial charge in [-0.2, -0.15) is 0 Å². The van der Waals surface area contributed by atoms with E-state index in [-0.39, 0.29) is 11.7 Å². The fraction of sp³-hybridized carbons (Fsp3) is 0.667. The van der Waals surface area contributed by atoms with E-state index >= 15 is 0 Å². The van der Waals surface area contributed by atoms with Crippen molar-refractivity contribution in [3.63, 3.8) is 0 Å². The Labute approximate surface area is 133 Å². The molecule has 0 saturated carbocycles. The molecule has 116 valence electrons. The molecule has 1 heterocycles. The average molecular weight is 305 g/mol. The molecule has 0 aliphatic carbocycles. The zero-order chi connectivity index (χ0) is 15.5. The largest absolute Gasteiger partial charge is 0.292 e. The minimum atomic E-state index is 0.136. The lowest BCUT2D eigenvalue weighted by molar-refractivity contribution is 0.0898. The number of rotatable bonds is 11. The van der Waals surface area contributed by atoms with E-state index in [0.29, 0.717) is 12.1 Å². The van der Waals surface area contributed by atoms with Crippen LogP contribution in [0.5, 0.6) is 0 Å². The van der Waals surface area contributed by atoms with E-state index in [4.69, 9.17) is 6.42 Å². The standard InChI is InChI=1S/C18H27NOS/c1-4-7-8-9-10-13-15(11-5-2)18(20)16-14-21-17(19-16)12-6-3/h3,14-15H,4-5,7-13H2,1-2H3. The van der Waals surface area contributed by atoms with Gasteiger partial charge in [0.2, 0.25) is 0 Å². The monoisotopic (exact) mass is 305 g/mol. The van der Waals surface area contributed by atoms with E-state index in [1.165, 1.54) is 37.0 Å². The van der Waals surface area contributed by atoms with Crippen LogP contribution in [0.15, 0.2) is 5.38 Å². The van der Waals surface area contributed by atoms with Crippen molar-refractivity contribution in [2.24, 2.45) is 5.92 Å². The van der Waals surface area contributed by atoms with Crippen LogP contribution in [0.1, 0.15) is 80.7 Å². The summed E-state index contributed by atoms with van der Waals surface area (Å²) in [7, 11) is 0. The number of aromatic nitrogens is 1. The topological polar surface area (TPSA) is 30.0 Å². The smallest absolute Gasteiger partial charge is 0.185 e. The van der Waals surface area contributed by atoms with E-state index in [1.807, 2.05) is 5.38 Å². The Bertz CT molecular complexity index is 458. The summed E-state index contributed by atoms with van der Waals surface area (Å²) in [4.78, 5) is 17.0. The molecule has 0 aliphatic heterocycles. The number of carbonyl (C=O) groups excluding carboxylic acids is 1. The van der Waals surface area contributed by atoms with Crippen LogP contribution >= 0.6 is 11.3 Å². The molecule has 0 bridgehead atoms. The van der Waals surface area contributed by atoms with Crippen LogP contribution in [0.3, 0.4) is 0 Å². The van der Waals surface area contributed by atoms with Crippen LogP contribution < -0.4 is 0 Å². The highest BCUT2D eigenvalue weighted by molar-refractivity contribution is 7.09. The summed E-state index contributed by atoms with van der Waals surface area (Å²) in [6.07, 6.45) is 15.1. The van der Waals surface area contributed by atoms with E-state index in [0.717, 1.165) is 30.7 Å². The number of carbonyl (C=O) groups is 1. The van der Waals surface area contributed by atoms with Gasteiger partial charge in [0, 0.05) is 11.3 Å². The maximum atomic E-state index is 12.6. The van der Waals surface area contributed by atoms with Gasteiger partial charge in [0.25, 0.3) is 0 Å². The summed E-state index contributed by atoms with van der Waals surface area (Å²) in [5.41, 5.74) is 0.622. The van der Waals surface area contributed by atoms with Gasteiger partial charge in [-0.25, -0.2) is 4.98 Å². The van der Waals surface area contributed by atoms with Crippen molar-refractivity contribution in [3.05, 3.63) is 16.1 Å². The Balaban J connectivity index is 2.53. The average Bonchev–Trinajstić information content (AvgIpc) is 2.94. The molecule has 21 heavy (non-hydrogen) atoms. The second-order valence-corrected chi connectivity index (χ2v) is 6.50. The van der Waals surface area contributed by atoms with Gasteiger partial charge >= 0.3 is 0 Å². The lowest BCUT2D eigenvalue weighted by Gasteiger charge is -2.13. The van der Waals surface area contributed by atoms with Crippen LogP contribution in [0.2, 0.25) is 0 Å². The predicted octanol–water partition coefficient (Wildman–Crippen LogP) is 5.28. The van der Waals surface area contributed by atoms with Gasteiger partial charge in [0.05, 0.1) is 6.42 Å². The highest BCUT2D eigenvalue weighted by atomic mass is 32.1. The molecule has 0 aromatic carbocycles.